The third-order valence-corrected chi connectivity index (χ3v) is 4.33. The number of hydrogen-bond donors (Lipinski definition) is 1. The number of aromatic nitrogens is 5. The minimum absolute atomic E-state index is 0.465. The van der Waals surface area contributed by atoms with Crippen molar-refractivity contribution in [2.24, 2.45) is 0 Å². The molecule has 2 aromatic heterocycles. The first kappa shape index (κ1) is 15.1. The third-order valence-electron chi connectivity index (χ3n) is 3.34. The quantitative estimate of drug-likeness (QED) is 0.581. The van der Waals surface area contributed by atoms with Gasteiger partial charge in [-0.2, -0.15) is 10.4 Å². The molecule has 3 aromatic rings. The molecule has 0 spiro atoms. The van der Waals surface area contributed by atoms with Crippen LogP contribution in [0.5, 0.6) is 0 Å². The highest BCUT2D eigenvalue weighted by atomic mass is 32.2. The van der Waals surface area contributed by atoms with E-state index in [-0.39, 0.29) is 0 Å². The average Bonchev–Trinajstić information content (AvgIpc) is 3.07. The fourth-order valence-corrected chi connectivity index (χ4v) is 3.10. The molecule has 0 aliphatic carbocycles. The van der Waals surface area contributed by atoms with Gasteiger partial charge in [0.05, 0.1) is 17.3 Å². The maximum absolute atomic E-state index is 9.13. The van der Waals surface area contributed by atoms with Crippen LogP contribution in [0.2, 0.25) is 0 Å². The lowest BCUT2D eigenvalue weighted by molar-refractivity contribution is 0.727. The zero-order valence-electron chi connectivity index (χ0n) is 12.8. The van der Waals surface area contributed by atoms with E-state index in [4.69, 9.17) is 11.1 Å². The van der Waals surface area contributed by atoms with Crippen LogP contribution in [-0.4, -0.2) is 24.7 Å². The Kier molecular flexibility index (Phi) is 4.04. The van der Waals surface area contributed by atoms with Gasteiger partial charge < -0.3 is 5.84 Å². The minimum Gasteiger partial charge on any atom is -0.334 e. The Balaban J connectivity index is 1.83. The molecule has 23 heavy (non-hydrogen) atoms. The molecular formula is C15H15N7S. The van der Waals surface area contributed by atoms with E-state index < -0.39 is 0 Å². The summed E-state index contributed by atoms with van der Waals surface area (Å²) < 4.78 is 3.08. The van der Waals surface area contributed by atoms with Gasteiger partial charge >= 0.3 is 0 Å². The molecule has 0 unspecified atom stereocenters. The van der Waals surface area contributed by atoms with Crippen LogP contribution < -0.4 is 5.84 Å². The highest BCUT2D eigenvalue weighted by molar-refractivity contribution is 7.98. The number of nitrogen functional groups attached to an aromatic ring is 1. The maximum Gasteiger partial charge on any atom is 0.271 e. The van der Waals surface area contributed by atoms with Gasteiger partial charge in [-0.15, -0.1) is 10.2 Å². The molecule has 0 radical (unpaired) electrons. The third kappa shape index (κ3) is 2.91. The number of aryl methyl sites for hydroxylation is 2. The predicted molar refractivity (Wildman–Crippen MR) is 87.5 cm³/mol. The molecule has 0 amide bonds. The van der Waals surface area contributed by atoms with Crippen LogP contribution in [-0.2, 0) is 5.75 Å². The Morgan fingerprint density at radius 3 is 2.74 bits per heavy atom. The van der Waals surface area contributed by atoms with E-state index in [9.17, 15) is 0 Å². The largest absolute Gasteiger partial charge is 0.334 e. The molecule has 116 valence electrons. The number of hydrogen-bond acceptors (Lipinski definition) is 6. The van der Waals surface area contributed by atoms with Crippen molar-refractivity contribution in [1.82, 2.24) is 24.7 Å². The molecule has 0 aliphatic rings. The van der Waals surface area contributed by atoms with Gasteiger partial charge in [0.1, 0.15) is 0 Å². The smallest absolute Gasteiger partial charge is 0.271 e. The first-order chi connectivity index (χ1) is 11.1. The second kappa shape index (κ2) is 6.14. The number of nitriles is 1. The molecule has 8 heteroatoms. The van der Waals surface area contributed by atoms with Crippen molar-refractivity contribution in [3.8, 4) is 12.0 Å². The molecule has 1 aromatic carbocycles. The Morgan fingerprint density at radius 1 is 1.26 bits per heavy atom. The van der Waals surface area contributed by atoms with E-state index in [1.165, 1.54) is 16.4 Å². The molecule has 0 saturated carbocycles. The van der Waals surface area contributed by atoms with E-state index in [1.807, 2.05) is 38.1 Å². The van der Waals surface area contributed by atoms with Crippen molar-refractivity contribution in [3.05, 3.63) is 52.8 Å². The van der Waals surface area contributed by atoms with E-state index in [0.29, 0.717) is 22.4 Å². The molecule has 2 N–H and O–H groups in total. The van der Waals surface area contributed by atoms with E-state index in [1.54, 1.807) is 10.7 Å². The van der Waals surface area contributed by atoms with E-state index in [0.717, 1.165) is 17.0 Å². The molecule has 2 heterocycles. The summed E-state index contributed by atoms with van der Waals surface area (Å²) in [6, 6.07) is 11.6. The van der Waals surface area contributed by atoms with Gasteiger partial charge in [0.15, 0.2) is 0 Å². The lowest BCUT2D eigenvalue weighted by Gasteiger charge is -2.05. The molecule has 0 saturated heterocycles. The lowest BCUT2D eigenvalue weighted by Crippen LogP contribution is -2.17. The van der Waals surface area contributed by atoms with Gasteiger partial charge in [-0.25, -0.2) is 9.36 Å². The summed E-state index contributed by atoms with van der Waals surface area (Å²) in [7, 11) is 0. The summed E-state index contributed by atoms with van der Waals surface area (Å²) in [4.78, 5) is 0. The van der Waals surface area contributed by atoms with Gasteiger partial charge in [0, 0.05) is 11.4 Å². The van der Waals surface area contributed by atoms with E-state index in [2.05, 4.69) is 21.4 Å². The summed E-state index contributed by atoms with van der Waals surface area (Å²) in [6.07, 6.45) is 0. The van der Waals surface area contributed by atoms with Gasteiger partial charge in [0.25, 0.3) is 5.95 Å². The summed E-state index contributed by atoms with van der Waals surface area (Å²) in [5, 5.41) is 22.3. The van der Waals surface area contributed by atoms with Crippen LogP contribution in [0.3, 0.4) is 0 Å². The number of thioether (sulfide) groups is 1. The predicted octanol–water partition coefficient (Wildman–Crippen LogP) is 1.96. The fourth-order valence-electron chi connectivity index (χ4n) is 2.24. The molecular weight excluding hydrogens is 310 g/mol. The lowest BCUT2D eigenvalue weighted by atomic mass is 10.1. The van der Waals surface area contributed by atoms with Crippen molar-refractivity contribution < 1.29 is 0 Å². The topological polar surface area (TPSA) is 98.3 Å². The molecule has 7 nitrogen and oxygen atoms in total. The first-order valence-electron chi connectivity index (χ1n) is 6.95. The first-order valence-corrected chi connectivity index (χ1v) is 7.93. The van der Waals surface area contributed by atoms with Crippen LogP contribution in [0.25, 0.3) is 5.95 Å². The molecule has 0 bridgehead atoms. The molecule has 0 atom stereocenters. The van der Waals surface area contributed by atoms with Crippen LogP contribution in [0.15, 0.2) is 35.5 Å². The van der Waals surface area contributed by atoms with Crippen LogP contribution >= 0.6 is 11.8 Å². The monoisotopic (exact) mass is 325 g/mol. The molecule has 0 aliphatic heterocycles. The van der Waals surface area contributed by atoms with Crippen molar-refractivity contribution in [2.75, 3.05) is 5.84 Å². The summed E-state index contributed by atoms with van der Waals surface area (Å²) in [5.74, 6) is 7.15. The second-order valence-corrected chi connectivity index (χ2v) is 5.99. The van der Waals surface area contributed by atoms with Crippen LogP contribution in [0, 0.1) is 25.2 Å². The zero-order chi connectivity index (χ0) is 16.4. The van der Waals surface area contributed by atoms with Crippen molar-refractivity contribution in [3.63, 3.8) is 0 Å². The Hall–Kier alpha value is -2.79. The Bertz CT molecular complexity index is 888. The van der Waals surface area contributed by atoms with Gasteiger partial charge in [0.2, 0.25) is 5.16 Å². The summed E-state index contributed by atoms with van der Waals surface area (Å²) >= 11 is 1.43. The van der Waals surface area contributed by atoms with E-state index >= 15 is 0 Å². The number of rotatable bonds is 4. The SMILES string of the molecule is Cc1cc(C)n(-c2nnc(SCc3ccccc3C#N)n2N)n1. The highest BCUT2D eigenvalue weighted by Crippen LogP contribution is 2.23. The highest BCUT2D eigenvalue weighted by Gasteiger charge is 2.15. The van der Waals surface area contributed by atoms with Gasteiger partial charge in [-0.05, 0) is 31.5 Å². The van der Waals surface area contributed by atoms with Gasteiger partial charge in [-0.3, -0.25) is 0 Å². The second-order valence-electron chi connectivity index (χ2n) is 5.05. The van der Waals surface area contributed by atoms with Crippen LogP contribution in [0.4, 0.5) is 0 Å². The maximum atomic E-state index is 9.13. The molecule has 3 rings (SSSR count). The van der Waals surface area contributed by atoms with Crippen molar-refractivity contribution in [2.45, 2.75) is 24.8 Å². The minimum atomic E-state index is 0.465. The zero-order valence-corrected chi connectivity index (χ0v) is 13.6. The normalized spacial score (nSPS) is 10.7. The number of nitrogens with two attached hydrogens (primary N) is 1. The standard InChI is InChI=1S/C15H15N7S/c1-10-7-11(2)22(20-10)14-18-19-15(21(14)17)23-9-13-6-4-3-5-12(13)8-16/h3-7H,9,17H2,1-2H3. The summed E-state index contributed by atoms with van der Waals surface area (Å²) in [5.41, 5.74) is 3.42. The average molecular weight is 325 g/mol. The fraction of sp³-hybridized carbons (Fsp3) is 0.200. The summed E-state index contributed by atoms with van der Waals surface area (Å²) in [6.45, 7) is 3.85. The number of nitrogens with zero attached hydrogens (tertiary/aromatic N) is 6. The van der Waals surface area contributed by atoms with Crippen molar-refractivity contribution in [1.29, 1.82) is 5.26 Å². The molecule has 0 fully saturated rings. The Morgan fingerprint density at radius 2 is 2.04 bits per heavy atom. The van der Waals surface area contributed by atoms with Gasteiger partial charge in [-0.1, -0.05) is 30.0 Å². The Labute approximate surface area is 137 Å². The number of benzene rings is 1. The van der Waals surface area contributed by atoms with Crippen LogP contribution in [0.1, 0.15) is 22.5 Å². The van der Waals surface area contributed by atoms with Crippen molar-refractivity contribution >= 4 is 11.8 Å².